The summed E-state index contributed by atoms with van der Waals surface area (Å²) in [5, 5.41) is 2.75. The third kappa shape index (κ3) is 5.70. The van der Waals surface area contributed by atoms with Gasteiger partial charge in [0.1, 0.15) is 0 Å². The topological polar surface area (TPSA) is 12.0 Å². The Hall–Kier alpha value is 0.383. The van der Waals surface area contributed by atoms with Crippen LogP contribution in [0.5, 0.6) is 0 Å². The summed E-state index contributed by atoms with van der Waals surface area (Å²) >= 11 is -0.573. The van der Waals surface area contributed by atoms with Crippen LogP contribution in [0.1, 0.15) is 54.4 Å². The molecule has 2 rings (SSSR count). The standard InChI is InChI=1S/C10H15.C7H9.C2H7N.2ClH.Zr/c1-7-6-10(4,5)9(3)8(7)2;1-2-7-5-3-4-6-7;1-3-2;;;/h1-5H3;3,5H,2,4H2,1H3;3H,1-2H3;2*1H;. The second-order valence-corrected chi connectivity index (χ2v) is 9.79. The normalized spacial score (nSPS) is 18.4. The van der Waals surface area contributed by atoms with Crippen LogP contribution < -0.4 is 5.32 Å². The SMILES string of the molecule is CCC1=[C]([Zr][C]2=C(C)C(C)=C(C)C2(C)C)CC=C1.CNC.Cl.Cl. The van der Waals surface area contributed by atoms with Crippen molar-refractivity contribution in [1.29, 1.82) is 0 Å². The second-order valence-electron chi connectivity index (χ2n) is 6.46. The first-order valence-electron chi connectivity index (χ1n) is 7.94. The molecule has 1 N–H and O–H groups in total. The van der Waals surface area contributed by atoms with Gasteiger partial charge in [0, 0.05) is 0 Å². The van der Waals surface area contributed by atoms with Crippen LogP contribution >= 0.6 is 24.8 Å². The first kappa shape index (κ1) is 25.6. The maximum Gasteiger partial charge on any atom is -0.0167 e. The summed E-state index contributed by atoms with van der Waals surface area (Å²) in [6.45, 7) is 14.1. The van der Waals surface area contributed by atoms with Crippen molar-refractivity contribution in [3.8, 4) is 0 Å². The average molecular weight is 438 g/mol. The number of rotatable bonds is 3. The molecule has 0 atom stereocenters. The van der Waals surface area contributed by atoms with E-state index in [-0.39, 0.29) is 24.8 Å². The smallest absolute Gasteiger partial charge is 0.0167 e. The first-order chi connectivity index (χ1) is 9.81. The predicted octanol–water partition coefficient (Wildman–Crippen LogP) is 6.02. The quantitative estimate of drug-likeness (QED) is 0.569. The molecule has 0 aromatic carbocycles. The molecular weight excluding hydrogens is 404 g/mol. The summed E-state index contributed by atoms with van der Waals surface area (Å²) in [4.78, 5) is 0. The molecule has 2 aliphatic rings. The summed E-state index contributed by atoms with van der Waals surface area (Å²) in [5.41, 5.74) is 6.73. The molecule has 0 amide bonds. The minimum absolute atomic E-state index is 0. The van der Waals surface area contributed by atoms with Crippen LogP contribution in [0.25, 0.3) is 0 Å². The molecule has 0 spiro atoms. The molecule has 0 fully saturated rings. The van der Waals surface area contributed by atoms with Gasteiger partial charge < -0.3 is 5.32 Å². The Bertz CT molecular complexity index is 525. The molecule has 1 nitrogen and oxygen atoms in total. The molecule has 0 saturated carbocycles. The largest absolute Gasteiger partial charge is 0.323 e. The zero-order valence-electron chi connectivity index (χ0n) is 15.9. The van der Waals surface area contributed by atoms with Gasteiger partial charge in [0.15, 0.2) is 0 Å². The molecular formula is C19H33Cl2NZr. The Kier molecular flexibility index (Phi) is 12.4. The Morgan fingerprint density at radius 3 is 2.00 bits per heavy atom. The molecule has 0 radical (unpaired) electrons. The molecule has 0 unspecified atom stereocenters. The van der Waals surface area contributed by atoms with Gasteiger partial charge in [0.05, 0.1) is 0 Å². The summed E-state index contributed by atoms with van der Waals surface area (Å²) in [6.07, 6.45) is 7.17. The number of halogens is 2. The van der Waals surface area contributed by atoms with E-state index in [0.29, 0.717) is 5.41 Å². The van der Waals surface area contributed by atoms with Crippen molar-refractivity contribution in [3.63, 3.8) is 0 Å². The molecule has 0 heterocycles. The second kappa shape index (κ2) is 11.1. The van der Waals surface area contributed by atoms with Crippen LogP contribution in [0.3, 0.4) is 0 Å². The fourth-order valence-electron chi connectivity index (χ4n) is 3.01. The van der Waals surface area contributed by atoms with Gasteiger partial charge in [-0.15, -0.1) is 24.8 Å². The zero-order valence-corrected chi connectivity index (χ0v) is 20.0. The Morgan fingerprint density at radius 2 is 1.61 bits per heavy atom. The van der Waals surface area contributed by atoms with Crippen molar-refractivity contribution in [1.82, 2.24) is 5.32 Å². The Labute approximate surface area is 167 Å². The van der Waals surface area contributed by atoms with E-state index in [1.807, 2.05) is 20.7 Å². The van der Waals surface area contributed by atoms with E-state index < -0.39 is 23.2 Å². The van der Waals surface area contributed by atoms with Crippen molar-refractivity contribution in [3.05, 3.63) is 41.0 Å². The van der Waals surface area contributed by atoms with Crippen molar-refractivity contribution >= 4 is 24.8 Å². The Morgan fingerprint density at radius 1 is 1.09 bits per heavy atom. The third-order valence-electron chi connectivity index (χ3n) is 4.75. The number of hydrogen-bond acceptors (Lipinski definition) is 1. The van der Waals surface area contributed by atoms with Gasteiger partial charge in [-0.2, -0.15) is 0 Å². The van der Waals surface area contributed by atoms with Gasteiger partial charge in [-0.3, -0.25) is 0 Å². The van der Waals surface area contributed by atoms with Gasteiger partial charge in [-0.25, -0.2) is 0 Å². The first-order valence-corrected chi connectivity index (χ1v) is 10.4. The fraction of sp³-hybridized carbons (Fsp3) is 0.579. The van der Waals surface area contributed by atoms with Gasteiger partial charge in [-0.05, 0) is 14.1 Å². The van der Waals surface area contributed by atoms with Gasteiger partial charge in [-0.1, -0.05) is 0 Å². The number of allylic oxidation sites excluding steroid dienone is 8. The maximum absolute atomic E-state index is 2.75. The molecule has 0 aromatic heterocycles. The van der Waals surface area contributed by atoms with Gasteiger partial charge in [0.2, 0.25) is 0 Å². The molecule has 4 heteroatoms. The molecule has 0 aliphatic heterocycles. The predicted molar refractivity (Wildman–Crippen MR) is 105 cm³/mol. The van der Waals surface area contributed by atoms with Crippen molar-refractivity contribution in [2.45, 2.75) is 54.4 Å². The molecule has 132 valence electrons. The number of hydrogen-bond donors (Lipinski definition) is 1. The molecule has 0 aromatic rings. The summed E-state index contributed by atoms with van der Waals surface area (Å²) < 4.78 is 3.62. The van der Waals surface area contributed by atoms with Crippen LogP contribution in [-0.4, -0.2) is 14.1 Å². The van der Waals surface area contributed by atoms with Crippen molar-refractivity contribution in [2.24, 2.45) is 5.41 Å². The van der Waals surface area contributed by atoms with E-state index in [0.717, 1.165) is 0 Å². The molecule has 0 bridgehead atoms. The van der Waals surface area contributed by atoms with Crippen molar-refractivity contribution < 1.29 is 23.2 Å². The van der Waals surface area contributed by atoms with E-state index in [1.165, 1.54) is 12.8 Å². The summed E-state index contributed by atoms with van der Waals surface area (Å²) in [5.74, 6) is 0. The van der Waals surface area contributed by atoms with E-state index in [4.69, 9.17) is 0 Å². The maximum atomic E-state index is 2.75. The average Bonchev–Trinajstić information content (AvgIpc) is 2.94. The van der Waals surface area contributed by atoms with E-state index >= 15 is 0 Å². The van der Waals surface area contributed by atoms with Crippen molar-refractivity contribution in [2.75, 3.05) is 14.1 Å². The van der Waals surface area contributed by atoms with Crippen LogP contribution in [-0.2, 0) is 23.2 Å². The number of nitrogens with one attached hydrogen (secondary N) is 1. The zero-order chi connectivity index (χ0) is 16.2. The van der Waals surface area contributed by atoms with E-state index in [9.17, 15) is 0 Å². The van der Waals surface area contributed by atoms with Crippen LogP contribution in [0.15, 0.2) is 41.0 Å². The van der Waals surface area contributed by atoms with Crippen LogP contribution in [0, 0.1) is 5.41 Å². The van der Waals surface area contributed by atoms with Gasteiger partial charge >= 0.3 is 124 Å². The summed E-state index contributed by atoms with van der Waals surface area (Å²) in [7, 11) is 3.75. The molecule has 2 aliphatic carbocycles. The third-order valence-corrected chi connectivity index (χ3v) is 9.85. The minimum atomic E-state index is -0.573. The van der Waals surface area contributed by atoms with E-state index in [1.54, 1.807) is 22.3 Å². The monoisotopic (exact) mass is 435 g/mol. The minimum Gasteiger partial charge on any atom is -0.323 e. The molecule has 23 heavy (non-hydrogen) atoms. The fourth-order valence-corrected chi connectivity index (χ4v) is 7.48. The van der Waals surface area contributed by atoms with Crippen LogP contribution in [0.2, 0.25) is 0 Å². The molecule has 0 saturated heterocycles. The van der Waals surface area contributed by atoms with Crippen LogP contribution in [0.4, 0.5) is 0 Å². The van der Waals surface area contributed by atoms with Gasteiger partial charge in [0.25, 0.3) is 0 Å². The van der Waals surface area contributed by atoms with E-state index in [2.05, 4.69) is 59.0 Å². The Balaban J connectivity index is 0. The summed E-state index contributed by atoms with van der Waals surface area (Å²) in [6, 6.07) is 0.